The number of aromatic nitrogens is 1. The predicted octanol–water partition coefficient (Wildman–Crippen LogP) is 0.639. The van der Waals surface area contributed by atoms with E-state index in [1.807, 2.05) is 12.3 Å². The Labute approximate surface area is 120 Å². The van der Waals surface area contributed by atoms with Gasteiger partial charge in [0.05, 0.1) is 22.9 Å². The van der Waals surface area contributed by atoms with Crippen molar-refractivity contribution >= 4 is 29.0 Å². The molecule has 0 saturated carbocycles. The predicted molar refractivity (Wildman–Crippen MR) is 76.2 cm³/mol. The first-order chi connectivity index (χ1) is 9.06. The Hall–Kier alpha value is -0.630. The summed E-state index contributed by atoms with van der Waals surface area (Å²) in [6.07, 6.45) is -1.16. The summed E-state index contributed by atoms with van der Waals surface area (Å²) in [6, 6.07) is 0. The molecule has 1 aromatic heterocycles. The largest absolute Gasteiger partial charge is 0.388 e. The number of carbonyl (C=O) groups is 1. The molecule has 1 aliphatic heterocycles. The minimum Gasteiger partial charge on any atom is -0.388 e. The lowest BCUT2D eigenvalue weighted by Gasteiger charge is -2.14. The zero-order chi connectivity index (χ0) is 13.8. The van der Waals surface area contributed by atoms with Gasteiger partial charge in [0.2, 0.25) is 5.91 Å². The number of β-amino-alcohol motifs (C(OH)–C–C–N with tert-alkyl or cyclic N) is 2. The average Bonchev–Trinajstić information content (AvgIpc) is 2.92. The number of nitrogens with zero attached hydrogens (tertiary/aromatic N) is 2. The van der Waals surface area contributed by atoms with Gasteiger partial charge in [-0.15, -0.1) is 11.3 Å². The van der Waals surface area contributed by atoms with Gasteiger partial charge in [-0.25, -0.2) is 4.98 Å². The number of thiazole rings is 1. The number of hydrogen-bond acceptors (Lipinski definition) is 6. The molecule has 1 amide bonds. The highest BCUT2D eigenvalue weighted by Gasteiger charge is 2.31. The van der Waals surface area contributed by atoms with Crippen LogP contribution in [0.1, 0.15) is 17.1 Å². The Balaban J connectivity index is 1.64. The molecule has 1 aliphatic rings. The van der Waals surface area contributed by atoms with Crippen LogP contribution in [0.3, 0.4) is 0 Å². The van der Waals surface area contributed by atoms with Gasteiger partial charge < -0.3 is 15.1 Å². The standard InChI is InChI=1S/C12H18N2O3S2/c1-8-13-9(7-19-8)6-18-3-2-12(17)14-4-10(15)11(16)5-14/h7,10-11,15-16H,2-6H2,1H3. The second-order valence-electron chi connectivity index (χ2n) is 4.59. The molecule has 2 N–H and O–H groups in total. The highest BCUT2D eigenvalue weighted by molar-refractivity contribution is 7.98. The molecule has 1 fully saturated rings. The smallest absolute Gasteiger partial charge is 0.223 e. The van der Waals surface area contributed by atoms with E-state index >= 15 is 0 Å². The van der Waals surface area contributed by atoms with Crippen LogP contribution in [-0.2, 0) is 10.5 Å². The second-order valence-corrected chi connectivity index (χ2v) is 6.76. The van der Waals surface area contributed by atoms with Crippen LogP contribution in [0.15, 0.2) is 5.38 Å². The summed E-state index contributed by atoms with van der Waals surface area (Å²) >= 11 is 3.31. The van der Waals surface area contributed by atoms with E-state index in [4.69, 9.17) is 0 Å². The molecule has 0 radical (unpaired) electrons. The van der Waals surface area contributed by atoms with Gasteiger partial charge in [0, 0.05) is 36.4 Å². The molecular weight excluding hydrogens is 284 g/mol. The van der Waals surface area contributed by atoms with Gasteiger partial charge in [0.15, 0.2) is 0 Å². The Morgan fingerprint density at radius 2 is 2.21 bits per heavy atom. The molecular formula is C12H18N2O3S2. The van der Waals surface area contributed by atoms with Crippen molar-refractivity contribution < 1.29 is 15.0 Å². The topological polar surface area (TPSA) is 73.7 Å². The van der Waals surface area contributed by atoms with Gasteiger partial charge in [-0.1, -0.05) is 0 Å². The summed E-state index contributed by atoms with van der Waals surface area (Å²) in [7, 11) is 0. The minimum absolute atomic E-state index is 0.00226. The zero-order valence-electron chi connectivity index (χ0n) is 10.8. The molecule has 0 bridgehead atoms. The number of rotatable bonds is 5. The maximum Gasteiger partial charge on any atom is 0.223 e. The number of thioether (sulfide) groups is 1. The molecule has 2 unspecified atom stereocenters. The van der Waals surface area contributed by atoms with E-state index in [9.17, 15) is 15.0 Å². The summed E-state index contributed by atoms with van der Waals surface area (Å²) in [4.78, 5) is 17.7. The number of likely N-dealkylation sites (tertiary alicyclic amines) is 1. The normalized spacial score (nSPS) is 23.0. The van der Waals surface area contributed by atoms with Crippen molar-refractivity contribution in [2.75, 3.05) is 18.8 Å². The van der Waals surface area contributed by atoms with Crippen LogP contribution >= 0.6 is 23.1 Å². The minimum atomic E-state index is -0.797. The molecule has 1 aromatic rings. The van der Waals surface area contributed by atoms with Gasteiger partial charge in [0.1, 0.15) is 0 Å². The van der Waals surface area contributed by atoms with Crippen molar-refractivity contribution in [1.82, 2.24) is 9.88 Å². The van der Waals surface area contributed by atoms with E-state index in [-0.39, 0.29) is 19.0 Å². The summed E-state index contributed by atoms with van der Waals surface area (Å²) in [6.45, 7) is 2.47. The number of aryl methyl sites for hydroxylation is 1. The van der Waals surface area contributed by atoms with Crippen molar-refractivity contribution in [3.8, 4) is 0 Å². The van der Waals surface area contributed by atoms with Crippen molar-refractivity contribution in [3.05, 3.63) is 16.1 Å². The third-order valence-electron chi connectivity index (χ3n) is 2.99. The molecule has 2 heterocycles. The number of aliphatic hydroxyl groups is 2. The highest BCUT2D eigenvalue weighted by Crippen LogP contribution is 2.17. The first-order valence-corrected chi connectivity index (χ1v) is 8.22. The third-order valence-corrected chi connectivity index (χ3v) is 4.80. The Kier molecular flexibility index (Phi) is 5.20. The average molecular weight is 302 g/mol. The van der Waals surface area contributed by atoms with Gasteiger partial charge in [-0.3, -0.25) is 4.79 Å². The third kappa shape index (κ3) is 4.17. The van der Waals surface area contributed by atoms with Crippen LogP contribution in [0.4, 0.5) is 0 Å². The lowest BCUT2D eigenvalue weighted by atomic mass is 10.3. The summed E-state index contributed by atoms with van der Waals surface area (Å²) in [5.74, 6) is 1.55. The van der Waals surface area contributed by atoms with Gasteiger partial charge in [0.25, 0.3) is 0 Å². The van der Waals surface area contributed by atoms with E-state index in [2.05, 4.69) is 4.98 Å². The summed E-state index contributed by atoms with van der Waals surface area (Å²) in [5.41, 5.74) is 1.06. The molecule has 5 nitrogen and oxygen atoms in total. The Morgan fingerprint density at radius 3 is 2.79 bits per heavy atom. The summed E-state index contributed by atoms with van der Waals surface area (Å²) in [5, 5.41) is 21.9. The fourth-order valence-corrected chi connectivity index (χ4v) is 3.48. The fourth-order valence-electron chi connectivity index (χ4n) is 1.94. The first-order valence-electron chi connectivity index (χ1n) is 6.19. The molecule has 2 rings (SSSR count). The number of hydrogen-bond donors (Lipinski definition) is 2. The zero-order valence-corrected chi connectivity index (χ0v) is 12.4. The highest BCUT2D eigenvalue weighted by atomic mass is 32.2. The number of aliphatic hydroxyl groups excluding tert-OH is 2. The van der Waals surface area contributed by atoms with Crippen LogP contribution in [0.25, 0.3) is 0 Å². The van der Waals surface area contributed by atoms with E-state index in [0.717, 1.165) is 22.2 Å². The Morgan fingerprint density at radius 1 is 1.53 bits per heavy atom. The van der Waals surface area contributed by atoms with Crippen molar-refractivity contribution in [1.29, 1.82) is 0 Å². The number of carbonyl (C=O) groups excluding carboxylic acids is 1. The lowest BCUT2D eigenvalue weighted by Crippen LogP contribution is -2.29. The second kappa shape index (κ2) is 6.69. The van der Waals surface area contributed by atoms with Crippen molar-refractivity contribution in [2.45, 2.75) is 31.3 Å². The van der Waals surface area contributed by atoms with E-state index < -0.39 is 12.2 Å². The van der Waals surface area contributed by atoms with E-state index in [1.165, 1.54) is 4.90 Å². The van der Waals surface area contributed by atoms with Crippen LogP contribution in [0.2, 0.25) is 0 Å². The van der Waals surface area contributed by atoms with E-state index in [0.29, 0.717) is 6.42 Å². The number of amides is 1. The molecule has 0 aliphatic carbocycles. The molecule has 7 heteroatoms. The van der Waals surface area contributed by atoms with Crippen LogP contribution in [0, 0.1) is 6.92 Å². The van der Waals surface area contributed by atoms with Gasteiger partial charge in [-0.2, -0.15) is 11.8 Å². The maximum absolute atomic E-state index is 11.8. The fraction of sp³-hybridized carbons (Fsp3) is 0.667. The van der Waals surface area contributed by atoms with Crippen LogP contribution in [0.5, 0.6) is 0 Å². The molecule has 106 valence electrons. The first kappa shape index (κ1) is 14.8. The van der Waals surface area contributed by atoms with Gasteiger partial charge in [-0.05, 0) is 6.92 Å². The molecule has 0 aromatic carbocycles. The molecule has 1 saturated heterocycles. The SMILES string of the molecule is Cc1nc(CSCCC(=O)N2CC(O)C(O)C2)cs1. The molecule has 2 atom stereocenters. The van der Waals surface area contributed by atoms with Crippen molar-refractivity contribution in [3.63, 3.8) is 0 Å². The molecule has 19 heavy (non-hydrogen) atoms. The monoisotopic (exact) mass is 302 g/mol. The van der Waals surface area contributed by atoms with Crippen LogP contribution < -0.4 is 0 Å². The van der Waals surface area contributed by atoms with Gasteiger partial charge >= 0.3 is 0 Å². The summed E-state index contributed by atoms with van der Waals surface area (Å²) < 4.78 is 0. The quantitative estimate of drug-likeness (QED) is 0.781. The maximum atomic E-state index is 11.8. The van der Waals surface area contributed by atoms with E-state index in [1.54, 1.807) is 23.1 Å². The lowest BCUT2D eigenvalue weighted by molar-refractivity contribution is -0.130. The van der Waals surface area contributed by atoms with Crippen LogP contribution in [-0.4, -0.2) is 57.1 Å². The van der Waals surface area contributed by atoms with Crippen molar-refractivity contribution in [2.24, 2.45) is 0 Å². The Bertz CT molecular complexity index is 428. The molecule has 0 spiro atoms.